The van der Waals surface area contributed by atoms with Gasteiger partial charge in [-0.3, -0.25) is 29.4 Å². The number of carbonyl (C=O) groups excluding carboxylic acids is 4. The van der Waals surface area contributed by atoms with Crippen molar-refractivity contribution < 1.29 is 19.2 Å². The molecule has 24 heavy (non-hydrogen) atoms. The van der Waals surface area contributed by atoms with Crippen LogP contribution in [0.1, 0.15) is 32.1 Å². The van der Waals surface area contributed by atoms with Gasteiger partial charge in [-0.15, -0.1) is 0 Å². The standard InChI is InChI=1S/C14H18N6O4/c15-19-17-7-3-1-2-6-16-9-8-12(22)20(14(9)24)10-4-5-11(21)18-13(10)23/h8,10,16H,1-7H2,(H,18,21,23). The van der Waals surface area contributed by atoms with E-state index in [4.69, 9.17) is 5.53 Å². The minimum atomic E-state index is -0.943. The summed E-state index contributed by atoms with van der Waals surface area (Å²) in [5, 5.41) is 8.45. The van der Waals surface area contributed by atoms with E-state index in [1.807, 2.05) is 0 Å². The molecule has 128 valence electrons. The van der Waals surface area contributed by atoms with Gasteiger partial charge in [-0.2, -0.15) is 0 Å². The van der Waals surface area contributed by atoms with Gasteiger partial charge in [0.2, 0.25) is 11.8 Å². The summed E-state index contributed by atoms with van der Waals surface area (Å²) in [6, 6.07) is -0.943. The average Bonchev–Trinajstić information content (AvgIpc) is 2.81. The molecule has 1 unspecified atom stereocenters. The molecule has 10 nitrogen and oxygen atoms in total. The van der Waals surface area contributed by atoms with Gasteiger partial charge in [0.05, 0.1) is 0 Å². The Balaban J connectivity index is 1.82. The molecule has 10 heteroatoms. The minimum absolute atomic E-state index is 0.0986. The first-order valence-electron chi connectivity index (χ1n) is 7.72. The van der Waals surface area contributed by atoms with E-state index in [0.717, 1.165) is 24.2 Å². The Morgan fingerprint density at radius 1 is 1.29 bits per heavy atom. The van der Waals surface area contributed by atoms with Crippen LogP contribution < -0.4 is 10.6 Å². The van der Waals surface area contributed by atoms with Gasteiger partial charge in [0.25, 0.3) is 11.8 Å². The van der Waals surface area contributed by atoms with Crippen molar-refractivity contribution in [3.05, 3.63) is 22.2 Å². The van der Waals surface area contributed by atoms with E-state index in [1.165, 1.54) is 6.08 Å². The summed E-state index contributed by atoms with van der Waals surface area (Å²) in [5.41, 5.74) is 8.30. The van der Waals surface area contributed by atoms with E-state index in [2.05, 4.69) is 20.7 Å². The third-order valence-corrected chi connectivity index (χ3v) is 3.79. The highest BCUT2D eigenvalue weighted by Gasteiger charge is 2.42. The van der Waals surface area contributed by atoms with Crippen molar-refractivity contribution in [2.24, 2.45) is 5.11 Å². The Kier molecular flexibility index (Phi) is 5.91. The first-order valence-corrected chi connectivity index (χ1v) is 7.72. The molecule has 1 atom stereocenters. The average molecular weight is 334 g/mol. The van der Waals surface area contributed by atoms with Crippen molar-refractivity contribution >= 4 is 23.6 Å². The molecule has 0 aromatic heterocycles. The lowest BCUT2D eigenvalue weighted by molar-refractivity contribution is -0.149. The van der Waals surface area contributed by atoms with Crippen LogP contribution in [0.15, 0.2) is 16.9 Å². The molecule has 0 radical (unpaired) electrons. The summed E-state index contributed by atoms with van der Waals surface area (Å²) in [5.74, 6) is -2.13. The number of hydrogen-bond acceptors (Lipinski definition) is 6. The fourth-order valence-corrected chi connectivity index (χ4v) is 2.59. The fourth-order valence-electron chi connectivity index (χ4n) is 2.59. The summed E-state index contributed by atoms with van der Waals surface area (Å²) >= 11 is 0. The van der Waals surface area contributed by atoms with Crippen LogP contribution >= 0.6 is 0 Å². The maximum Gasteiger partial charge on any atom is 0.277 e. The van der Waals surface area contributed by atoms with E-state index in [-0.39, 0.29) is 18.5 Å². The number of nitrogens with zero attached hydrogens (tertiary/aromatic N) is 4. The molecule has 0 aliphatic carbocycles. The van der Waals surface area contributed by atoms with E-state index >= 15 is 0 Å². The van der Waals surface area contributed by atoms with Crippen LogP contribution in [0.3, 0.4) is 0 Å². The summed E-state index contributed by atoms with van der Waals surface area (Å²) in [6.07, 6.45) is 3.73. The number of amides is 4. The monoisotopic (exact) mass is 334 g/mol. The molecule has 2 N–H and O–H groups in total. The van der Waals surface area contributed by atoms with Crippen LogP contribution in [-0.4, -0.2) is 47.7 Å². The lowest BCUT2D eigenvalue weighted by Gasteiger charge is -2.28. The number of unbranched alkanes of at least 4 members (excludes halogenated alkanes) is 2. The topological polar surface area (TPSA) is 144 Å². The van der Waals surface area contributed by atoms with Crippen molar-refractivity contribution in [3.8, 4) is 0 Å². The summed E-state index contributed by atoms with van der Waals surface area (Å²) in [4.78, 5) is 50.8. The second-order valence-corrected chi connectivity index (χ2v) is 5.48. The quantitative estimate of drug-likeness (QED) is 0.213. The summed E-state index contributed by atoms with van der Waals surface area (Å²) in [6.45, 7) is 0.921. The Morgan fingerprint density at radius 2 is 2.08 bits per heavy atom. The normalized spacial score (nSPS) is 20.6. The molecule has 1 saturated heterocycles. The van der Waals surface area contributed by atoms with E-state index < -0.39 is 29.7 Å². The zero-order valence-corrected chi connectivity index (χ0v) is 13.0. The Hall–Kier alpha value is -2.87. The van der Waals surface area contributed by atoms with Crippen LogP contribution in [0, 0.1) is 0 Å². The number of nitrogens with one attached hydrogen (secondary N) is 2. The number of hydrogen-bond donors (Lipinski definition) is 2. The molecule has 0 bridgehead atoms. The third kappa shape index (κ3) is 4.11. The van der Waals surface area contributed by atoms with Gasteiger partial charge < -0.3 is 5.32 Å². The first kappa shape index (κ1) is 17.5. The fraction of sp³-hybridized carbons (Fsp3) is 0.571. The molecule has 2 heterocycles. The van der Waals surface area contributed by atoms with Gasteiger partial charge >= 0.3 is 0 Å². The highest BCUT2D eigenvalue weighted by atomic mass is 16.2. The molecule has 0 spiro atoms. The zero-order chi connectivity index (χ0) is 17.5. The molecule has 0 aromatic carbocycles. The Bertz CT molecular complexity index is 637. The Morgan fingerprint density at radius 3 is 2.79 bits per heavy atom. The Labute approximate surface area is 137 Å². The molecule has 0 saturated carbocycles. The van der Waals surface area contributed by atoms with E-state index in [0.29, 0.717) is 13.1 Å². The minimum Gasteiger partial charge on any atom is -0.380 e. The molecular formula is C14H18N6O4. The predicted octanol–water partition coefficient (Wildman–Crippen LogP) is 0.115. The molecular weight excluding hydrogens is 316 g/mol. The largest absolute Gasteiger partial charge is 0.380 e. The molecule has 0 aromatic rings. The predicted molar refractivity (Wildman–Crippen MR) is 82.0 cm³/mol. The van der Waals surface area contributed by atoms with Gasteiger partial charge in [-0.05, 0) is 24.8 Å². The molecule has 2 rings (SSSR count). The first-order chi connectivity index (χ1) is 11.5. The smallest absolute Gasteiger partial charge is 0.277 e. The second kappa shape index (κ2) is 8.11. The zero-order valence-electron chi connectivity index (χ0n) is 13.0. The molecule has 2 aliphatic rings. The van der Waals surface area contributed by atoms with Crippen LogP contribution in [0.25, 0.3) is 10.4 Å². The summed E-state index contributed by atoms with van der Waals surface area (Å²) in [7, 11) is 0. The van der Waals surface area contributed by atoms with E-state index in [9.17, 15) is 19.2 Å². The number of imide groups is 2. The number of carbonyl (C=O) groups is 4. The van der Waals surface area contributed by atoms with Gasteiger partial charge in [-0.25, -0.2) is 0 Å². The summed E-state index contributed by atoms with van der Waals surface area (Å²) < 4.78 is 0. The highest BCUT2D eigenvalue weighted by Crippen LogP contribution is 2.20. The highest BCUT2D eigenvalue weighted by molar-refractivity contribution is 6.18. The van der Waals surface area contributed by atoms with Gasteiger partial charge in [0.1, 0.15) is 11.7 Å². The molecule has 4 amide bonds. The van der Waals surface area contributed by atoms with E-state index in [1.54, 1.807) is 0 Å². The maximum absolute atomic E-state index is 12.3. The van der Waals surface area contributed by atoms with Crippen LogP contribution in [-0.2, 0) is 19.2 Å². The number of azide groups is 1. The lowest BCUT2D eigenvalue weighted by atomic mass is 10.0. The van der Waals surface area contributed by atoms with Crippen LogP contribution in [0.4, 0.5) is 0 Å². The lowest BCUT2D eigenvalue weighted by Crippen LogP contribution is -2.54. The van der Waals surface area contributed by atoms with Crippen molar-refractivity contribution in [2.75, 3.05) is 13.1 Å². The maximum atomic E-state index is 12.3. The van der Waals surface area contributed by atoms with Crippen molar-refractivity contribution in [3.63, 3.8) is 0 Å². The second-order valence-electron chi connectivity index (χ2n) is 5.48. The van der Waals surface area contributed by atoms with Crippen LogP contribution in [0.5, 0.6) is 0 Å². The number of piperidine rings is 1. The van der Waals surface area contributed by atoms with Crippen molar-refractivity contribution in [2.45, 2.75) is 38.1 Å². The van der Waals surface area contributed by atoms with Gasteiger partial charge in [0, 0.05) is 30.5 Å². The molecule has 1 fully saturated rings. The molecule has 2 aliphatic heterocycles. The van der Waals surface area contributed by atoms with Gasteiger partial charge in [-0.1, -0.05) is 11.5 Å². The van der Waals surface area contributed by atoms with Gasteiger partial charge in [0.15, 0.2) is 0 Å². The SMILES string of the molecule is [N-]=[N+]=NCCCCCNC1=CC(=O)N(C2CCC(=O)NC2=O)C1=O. The van der Waals surface area contributed by atoms with Crippen LogP contribution in [0.2, 0.25) is 0 Å². The third-order valence-electron chi connectivity index (χ3n) is 3.79. The number of rotatable bonds is 8. The van der Waals surface area contributed by atoms with Crippen molar-refractivity contribution in [1.82, 2.24) is 15.5 Å². The van der Waals surface area contributed by atoms with Crippen molar-refractivity contribution in [1.29, 1.82) is 0 Å².